The minimum atomic E-state index is -0.0682. The molecule has 2 heterocycles. The zero-order valence-electron chi connectivity index (χ0n) is 7.66. The number of hydrogen-bond acceptors (Lipinski definition) is 3. The molecular weight excluding hydrogens is 166 g/mol. The molecule has 0 spiro atoms. The van der Waals surface area contributed by atoms with Crippen LogP contribution in [0.5, 0.6) is 0 Å². The van der Waals surface area contributed by atoms with Crippen LogP contribution in [-0.2, 0) is 6.54 Å². The highest BCUT2D eigenvalue weighted by Gasteiger charge is 2.18. The van der Waals surface area contributed by atoms with Crippen LogP contribution in [0.3, 0.4) is 0 Å². The Bertz CT molecular complexity index is 383. The second-order valence-electron chi connectivity index (χ2n) is 3.49. The first-order valence-electron chi connectivity index (χ1n) is 4.52. The van der Waals surface area contributed by atoms with Crippen LogP contribution in [0.15, 0.2) is 10.9 Å². The van der Waals surface area contributed by atoms with Crippen molar-refractivity contribution in [3.8, 4) is 0 Å². The highest BCUT2D eigenvalue weighted by atomic mass is 16.1. The average Bonchev–Trinajstić information content (AvgIpc) is 2.07. The lowest BCUT2D eigenvalue weighted by atomic mass is 10.1. The molecular formula is C9H13N3O. The van der Waals surface area contributed by atoms with Gasteiger partial charge in [-0.1, -0.05) is 0 Å². The Morgan fingerprint density at radius 1 is 1.69 bits per heavy atom. The maximum Gasteiger partial charge on any atom is 0.253 e. The predicted octanol–water partition coefficient (Wildman–Crippen LogP) is 0.345. The van der Waals surface area contributed by atoms with E-state index in [1.165, 1.54) is 0 Å². The Kier molecular flexibility index (Phi) is 1.92. The summed E-state index contributed by atoms with van der Waals surface area (Å²) in [5.74, 6) is 0.747. The Morgan fingerprint density at radius 2 is 2.46 bits per heavy atom. The SMILES string of the molecule is Cc1cc(=O)n2c(n1)C(N)CCC2. The summed E-state index contributed by atoms with van der Waals surface area (Å²) in [5, 5.41) is 0. The van der Waals surface area contributed by atoms with E-state index in [1.807, 2.05) is 6.92 Å². The van der Waals surface area contributed by atoms with Crippen LogP contribution >= 0.6 is 0 Å². The van der Waals surface area contributed by atoms with Crippen molar-refractivity contribution in [3.05, 3.63) is 27.9 Å². The van der Waals surface area contributed by atoms with Crippen molar-refractivity contribution in [2.45, 2.75) is 32.4 Å². The highest BCUT2D eigenvalue weighted by Crippen LogP contribution is 2.18. The molecule has 2 rings (SSSR count). The van der Waals surface area contributed by atoms with Gasteiger partial charge < -0.3 is 5.73 Å². The molecule has 0 saturated carbocycles. The maximum absolute atomic E-state index is 11.5. The summed E-state index contributed by atoms with van der Waals surface area (Å²) in [7, 11) is 0. The van der Waals surface area contributed by atoms with Crippen molar-refractivity contribution in [2.75, 3.05) is 0 Å². The monoisotopic (exact) mass is 179 g/mol. The van der Waals surface area contributed by atoms with E-state index < -0.39 is 0 Å². The number of aromatic nitrogens is 2. The Hall–Kier alpha value is -1.16. The number of rotatable bonds is 0. The largest absolute Gasteiger partial charge is 0.321 e. The smallest absolute Gasteiger partial charge is 0.253 e. The van der Waals surface area contributed by atoms with Crippen molar-refractivity contribution < 1.29 is 0 Å². The molecule has 1 aliphatic heterocycles. The zero-order valence-corrected chi connectivity index (χ0v) is 7.66. The van der Waals surface area contributed by atoms with Gasteiger partial charge in [0.2, 0.25) is 0 Å². The minimum absolute atomic E-state index is 0.0256. The number of hydrogen-bond donors (Lipinski definition) is 1. The van der Waals surface area contributed by atoms with Crippen LogP contribution in [0.25, 0.3) is 0 Å². The fourth-order valence-electron chi connectivity index (χ4n) is 1.75. The summed E-state index contributed by atoms with van der Waals surface area (Å²) in [6.07, 6.45) is 1.90. The van der Waals surface area contributed by atoms with Crippen molar-refractivity contribution in [1.82, 2.24) is 9.55 Å². The molecule has 0 saturated heterocycles. The molecule has 0 aliphatic carbocycles. The molecule has 2 N–H and O–H groups in total. The predicted molar refractivity (Wildman–Crippen MR) is 49.4 cm³/mol. The Balaban J connectivity index is 2.63. The van der Waals surface area contributed by atoms with Gasteiger partial charge in [-0.25, -0.2) is 4.98 Å². The lowest BCUT2D eigenvalue weighted by Gasteiger charge is -2.22. The number of aryl methyl sites for hydroxylation is 1. The van der Waals surface area contributed by atoms with E-state index in [0.29, 0.717) is 0 Å². The van der Waals surface area contributed by atoms with Crippen LogP contribution in [0.4, 0.5) is 0 Å². The van der Waals surface area contributed by atoms with E-state index in [9.17, 15) is 4.79 Å². The molecule has 0 amide bonds. The van der Waals surface area contributed by atoms with Gasteiger partial charge in [0.05, 0.1) is 6.04 Å². The molecule has 1 aromatic rings. The number of fused-ring (bicyclic) bond motifs is 1. The van der Waals surface area contributed by atoms with Gasteiger partial charge in [-0.15, -0.1) is 0 Å². The molecule has 1 atom stereocenters. The zero-order chi connectivity index (χ0) is 9.42. The fraction of sp³-hybridized carbons (Fsp3) is 0.556. The topological polar surface area (TPSA) is 60.9 Å². The van der Waals surface area contributed by atoms with Crippen molar-refractivity contribution >= 4 is 0 Å². The van der Waals surface area contributed by atoms with Crippen LogP contribution in [0.1, 0.15) is 30.4 Å². The van der Waals surface area contributed by atoms with Crippen LogP contribution in [0, 0.1) is 6.92 Å². The minimum Gasteiger partial charge on any atom is -0.321 e. The van der Waals surface area contributed by atoms with Gasteiger partial charge in [0, 0.05) is 18.3 Å². The maximum atomic E-state index is 11.5. The molecule has 1 unspecified atom stereocenters. The molecule has 4 heteroatoms. The summed E-state index contributed by atoms with van der Waals surface area (Å²) >= 11 is 0. The third-order valence-electron chi connectivity index (χ3n) is 2.39. The first kappa shape index (κ1) is 8.44. The number of nitrogens with two attached hydrogens (primary N) is 1. The van der Waals surface area contributed by atoms with Gasteiger partial charge in [0.25, 0.3) is 5.56 Å². The van der Waals surface area contributed by atoms with Crippen LogP contribution in [-0.4, -0.2) is 9.55 Å². The average molecular weight is 179 g/mol. The standard InChI is InChI=1S/C9H13N3O/c1-6-5-8(13)12-4-2-3-7(10)9(12)11-6/h5,7H,2-4,10H2,1H3. The first-order valence-corrected chi connectivity index (χ1v) is 4.52. The van der Waals surface area contributed by atoms with Crippen LogP contribution < -0.4 is 11.3 Å². The summed E-state index contributed by atoms with van der Waals surface area (Å²) in [5.41, 5.74) is 6.65. The molecule has 70 valence electrons. The summed E-state index contributed by atoms with van der Waals surface area (Å²) in [4.78, 5) is 15.8. The van der Waals surface area contributed by atoms with Gasteiger partial charge in [0.1, 0.15) is 5.82 Å². The highest BCUT2D eigenvalue weighted by molar-refractivity contribution is 5.07. The molecule has 4 nitrogen and oxygen atoms in total. The normalized spacial score (nSPS) is 21.2. The fourth-order valence-corrected chi connectivity index (χ4v) is 1.75. The molecule has 13 heavy (non-hydrogen) atoms. The second-order valence-corrected chi connectivity index (χ2v) is 3.49. The van der Waals surface area contributed by atoms with Crippen molar-refractivity contribution in [1.29, 1.82) is 0 Å². The number of nitrogens with zero attached hydrogens (tertiary/aromatic N) is 2. The van der Waals surface area contributed by atoms with E-state index in [2.05, 4.69) is 4.98 Å². The van der Waals surface area contributed by atoms with E-state index in [1.54, 1.807) is 10.6 Å². The van der Waals surface area contributed by atoms with Gasteiger partial charge >= 0.3 is 0 Å². The summed E-state index contributed by atoms with van der Waals surface area (Å²) in [6, 6.07) is 1.49. The van der Waals surface area contributed by atoms with Gasteiger partial charge in [-0.3, -0.25) is 9.36 Å². The summed E-state index contributed by atoms with van der Waals surface area (Å²) in [6.45, 7) is 2.58. The lowest BCUT2D eigenvalue weighted by molar-refractivity contribution is 0.430. The van der Waals surface area contributed by atoms with Crippen molar-refractivity contribution in [3.63, 3.8) is 0 Å². The van der Waals surface area contributed by atoms with E-state index in [-0.39, 0.29) is 11.6 Å². The molecule has 0 radical (unpaired) electrons. The molecule has 0 fully saturated rings. The molecule has 0 bridgehead atoms. The van der Waals surface area contributed by atoms with Gasteiger partial charge in [-0.05, 0) is 19.8 Å². The Labute approximate surface area is 76.4 Å². The third-order valence-corrected chi connectivity index (χ3v) is 2.39. The molecule has 0 aromatic carbocycles. The van der Waals surface area contributed by atoms with Crippen molar-refractivity contribution in [2.24, 2.45) is 5.73 Å². The Morgan fingerprint density at radius 3 is 3.23 bits per heavy atom. The van der Waals surface area contributed by atoms with Gasteiger partial charge in [-0.2, -0.15) is 0 Å². The summed E-state index contributed by atoms with van der Waals surface area (Å²) < 4.78 is 1.68. The van der Waals surface area contributed by atoms with E-state index >= 15 is 0 Å². The molecule has 1 aliphatic rings. The van der Waals surface area contributed by atoms with E-state index in [0.717, 1.165) is 30.9 Å². The van der Waals surface area contributed by atoms with E-state index in [4.69, 9.17) is 5.73 Å². The third kappa shape index (κ3) is 1.37. The molecule has 1 aromatic heterocycles. The second kappa shape index (κ2) is 2.96. The quantitative estimate of drug-likeness (QED) is 0.625. The first-order chi connectivity index (χ1) is 6.18. The van der Waals surface area contributed by atoms with Crippen LogP contribution in [0.2, 0.25) is 0 Å². The lowest BCUT2D eigenvalue weighted by Crippen LogP contribution is -2.33. The van der Waals surface area contributed by atoms with Gasteiger partial charge in [0.15, 0.2) is 0 Å².